The van der Waals surface area contributed by atoms with Gasteiger partial charge in [0.25, 0.3) is 0 Å². The van der Waals surface area contributed by atoms with Crippen LogP contribution in [0.1, 0.15) is 25.8 Å². The number of likely N-dealkylation sites (tertiary alicyclic amines) is 1. The number of ether oxygens (including phenoxy) is 1. The molecule has 1 aliphatic heterocycles. The number of carbonyl (C=O) groups is 2. The summed E-state index contributed by atoms with van der Waals surface area (Å²) >= 11 is 1.26. The van der Waals surface area contributed by atoms with E-state index >= 15 is 0 Å². The minimum Gasteiger partial charge on any atom is -0.494 e. The molecule has 0 saturated carbocycles. The van der Waals surface area contributed by atoms with E-state index in [1.807, 2.05) is 31.2 Å². The highest BCUT2D eigenvalue weighted by molar-refractivity contribution is 8.14. The summed E-state index contributed by atoms with van der Waals surface area (Å²) in [5.41, 5.74) is 1.01. The minimum atomic E-state index is 0.0689. The van der Waals surface area contributed by atoms with Crippen molar-refractivity contribution in [1.82, 2.24) is 4.90 Å². The largest absolute Gasteiger partial charge is 0.494 e. The Hall–Kier alpha value is -1.49. The first-order chi connectivity index (χ1) is 9.60. The molecule has 108 valence electrons. The SMILES string of the molecule is CCOc1ccccc1CN1CC(SC(C)=O)CC1=O. The van der Waals surface area contributed by atoms with Crippen LogP contribution < -0.4 is 4.74 Å². The van der Waals surface area contributed by atoms with Gasteiger partial charge >= 0.3 is 0 Å². The molecule has 1 atom stereocenters. The molecule has 1 aromatic rings. The van der Waals surface area contributed by atoms with Gasteiger partial charge in [0, 0.05) is 37.2 Å². The standard InChI is InChI=1S/C15H19NO3S/c1-3-19-14-7-5-4-6-12(14)9-16-10-13(8-15(16)18)20-11(2)17/h4-7,13H,3,8-10H2,1-2H3. The zero-order valence-electron chi connectivity index (χ0n) is 11.8. The van der Waals surface area contributed by atoms with E-state index in [1.54, 1.807) is 11.8 Å². The first-order valence-corrected chi connectivity index (χ1v) is 7.63. The number of nitrogens with zero attached hydrogens (tertiary/aromatic N) is 1. The van der Waals surface area contributed by atoms with E-state index in [1.165, 1.54) is 11.8 Å². The third-order valence-corrected chi connectivity index (χ3v) is 4.13. The maximum absolute atomic E-state index is 12.0. The average molecular weight is 293 g/mol. The highest BCUT2D eigenvalue weighted by Gasteiger charge is 2.31. The van der Waals surface area contributed by atoms with Crippen molar-refractivity contribution in [2.45, 2.75) is 32.1 Å². The van der Waals surface area contributed by atoms with E-state index in [0.717, 1.165) is 11.3 Å². The molecule has 5 heteroatoms. The topological polar surface area (TPSA) is 46.6 Å². The van der Waals surface area contributed by atoms with Crippen LogP contribution >= 0.6 is 11.8 Å². The monoisotopic (exact) mass is 293 g/mol. The Labute approximate surface area is 123 Å². The second-order valence-electron chi connectivity index (χ2n) is 4.75. The Morgan fingerprint density at radius 2 is 2.20 bits per heavy atom. The fourth-order valence-electron chi connectivity index (χ4n) is 2.34. The number of thioether (sulfide) groups is 1. The summed E-state index contributed by atoms with van der Waals surface area (Å²) in [6, 6.07) is 7.76. The number of hydrogen-bond donors (Lipinski definition) is 0. The molecule has 1 heterocycles. The summed E-state index contributed by atoms with van der Waals surface area (Å²) in [4.78, 5) is 24.9. The van der Waals surface area contributed by atoms with Gasteiger partial charge in [-0.2, -0.15) is 0 Å². The summed E-state index contributed by atoms with van der Waals surface area (Å²) in [5.74, 6) is 0.931. The van der Waals surface area contributed by atoms with Crippen molar-refractivity contribution in [3.05, 3.63) is 29.8 Å². The Bertz CT molecular complexity index is 504. The smallest absolute Gasteiger partial charge is 0.224 e. The van der Waals surface area contributed by atoms with Gasteiger partial charge in [-0.1, -0.05) is 30.0 Å². The Balaban J connectivity index is 2.03. The van der Waals surface area contributed by atoms with Gasteiger partial charge in [0.1, 0.15) is 5.75 Å². The number of benzene rings is 1. The lowest BCUT2D eigenvalue weighted by molar-refractivity contribution is -0.128. The van der Waals surface area contributed by atoms with E-state index < -0.39 is 0 Å². The highest BCUT2D eigenvalue weighted by Crippen LogP contribution is 2.27. The fourth-order valence-corrected chi connectivity index (χ4v) is 3.29. The van der Waals surface area contributed by atoms with Crippen molar-refractivity contribution in [3.8, 4) is 5.75 Å². The molecule has 0 bridgehead atoms. The van der Waals surface area contributed by atoms with Crippen LogP contribution in [0.3, 0.4) is 0 Å². The molecule has 0 N–H and O–H groups in total. The first kappa shape index (κ1) is 14.9. The first-order valence-electron chi connectivity index (χ1n) is 6.75. The second kappa shape index (κ2) is 6.79. The molecule has 1 aromatic carbocycles. The van der Waals surface area contributed by atoms with Gasteiger partial charge in [0.05, 0.1) is 6.61 Å². The molecule has 4 nitrogen and oxygen atoms in total. The molecule has 1 saturated heterocycles. The molecule has 0 radical (unpaired) electrons. The second-order valence-corrected chi connectivity index (χ2v) is 6.23. The predicted molar refractivity (Wildman–Crippen MR) is 79.7 cm³/mol. The van der Waals surface area contributed by atoms with Crippen LogP contribution in [0.2, 0.25) is 0 Å². The van der Waals surface area contributed by atoms with Crippen molar-refractivity contribution in [2.24, 2.45) is 0 Å². The Morgan fingerprint density at radius 3 is 2.90 bits per heavy atom. The van der Waals surface area contributed by atoms with Crippen molar-refractivity contribution < 1.29 is 14.3 Å². The quantitative estimate of drug-likeness (QED) is 0.836. The maximum atomic E-state index is 12.0. The molecule has 1 amide bonds. The number of rotatable bonds is 5. The summed E-state index contributed by atoms with van der Waals surface area (Å²) in [5, 5.41) is 0.152. The van der Waals surface area contributed by atoms with E-state index in [-0.39, 0.29) is 16.3 Å². The van der Waals surface area contributed by atoms with Gasteiger partial charge in [-0.05, 0) is 13.0 Å². The third kappa shape index (κ3) is 3.76. The average Bonchev–Trinajstić information content (AvgIpc) is 2.71. The maximum Gasteiger partial charge on any atom is 0.224 e. The van der Waals surface area contributed by atoms with Crippen LogP contribution in [0.4, 0.5) is 0 Å². The minimum absolute atomic E-state index is 0.0689. The molecular weight excluding hydrogens is 274 g/mol. The van der Waals surface area contributed by atoms with Gasteiger partial charge in [0.15, 0.2) is 5.12 Å². The van der Waals surface area contributed by atoms with Gasteiger partial charge in [0.2, 0.25) is 5.91 Å². The number of amides is 1. The predicted octanol–water partition coefficient (Wildman–Crippen LogP) is 2.47. The molecule has 1 fully saturated rings. The van der Waals surface area contributed by atoms with Gasteiger partial charge in [-0.15, -0.1) is 0 Å². The molecule has 1 unspecified atom stereocenters. The van der Waals surface area contributed by atoms with Crippen LogP contribution in [-0.4, -0.2) is 34.3 Å². The van der Waals surface area contributed by atoms with E-state index in [2.05, 4.69) is 0 Å². The molecule has 0 aromatic heterocycles. The summed E-state index contributed by atoms with van der Waals surface area (Å²) in [7, 11) is 0. The van der Waals surface area contributed by atoms with Crippen LogP contribution in [0.15, 0.2) is 24.3 Å². The van der Waals surface area contributed by atoms with Gasteiger partial charge < -0.3 is 9.64 Å². The highest BCUT2D eigenvalue weighted by atomic mass is 32.2. The lowest BCUT2D eigenvalue weighted by Crippen LogP contribution is -2.25. The van der Waals surface area contributed by atoms with Crippen molar-refractivity contribution in [2.75, 3.05) is 13.2 Å². The molecule has 1 aliphatic rings. The lowest BCUT2D eigenvalue weighted by atomic mass is 10.2. The van der Waals surface area contributed by atoms with Crippen LogP contribution in [0.5, 0.6) is 5.75 Å². The normalized spacial score (nSPS) is 18.4. The molecule has 20 heavy (non-hydrogen) atoms. The number of para-hydroxylation sites is 1. The van der Waals surface area contributed by atoms with E-state index in [0.29, 0.717) is 26.1 Å². The lowest BCUT2D eigenvalue weighted by Gasteiger charge is -2.18. The van der Waals surface area contributed by atoms with Gasteiger partial charge in [-0.3, -0.25) is 9.59 Å². The molecular formula is C15H19NO3S. The summed E-state index contributed by atoms with van der Waals surface area (Å²) in [6.07, 6.45) is 0.445. The van der Waals surface area contributed by atoms with Crippen LogP contribution in [0.25, 0.3) is 0 Å². The van der Waals surface area contributed by atoms with Gasteiger partial charge in [-0.25, -0.2) is 0 Å². The molecule has 2 rings (SSSR count). The van der Waals surface area contributed by atoms with Crippen molar-refractivity contribution >= 4 is 22.8 Å². The zero-order valence-corrected chi connectivity index (χ0v) is 12.6. The molecule has 0 spiro atoms. The summed E-state index contributed by atoms with van der Waals surface area (Å²) < 4.78 is 5.58. The van der Waals surface area contributed by atoms with Crippen molar-refractivity contribution in [3.63, 3.8) is 0 Å². The fraction of sp³-hybridized carbons (Fsp3) is 0.467. The molecule has 0 aliphatic carbocycles. The van der Waals surface area contributed by atoms with Crippen molar-refractivity contribution in [1.29, 1.82) is 0 Å². The summed E-state index contributed by atoms with van der Waals surface area (Å²) in [6.45, 7) is 5.26. The Kier molecular flexibility index (Phi) is 5.06. The van der Waals surface area contributed by atoms with E-state index in [4.69, 9.17) is 4.74 Å². The Morgan fingerprint density at radius 1 is 1.45 bits per heavy atom. The number of hydrogen-bond acceptors (Lipinski definition) is 4. The third-order valence-electron chi connectivity index (χ3n) is 3.15. The van der Waals surface area contributed by atoms with Crippen LogP contribution in [0, 0.1) is 0 Å². The number of carbonyl (C=O) groups excluding carboxylic acids is 2. The zero-order chi connectivity index (χ0) is 14.5. The van der Waals surface area contributed by atoms with E-state index in [9.17, 15) is 9.59 Å². The van der Waals surface area contributed by atoms with Crippen LogP contribution in [-0.2, 0) is 16.1 Å².